The standard InChI is InChI=1S/C16H23ClO2/c1-2-3-4-5-6-7-8-15(18)13-19-16-11-9-14(17)10-12-16/h9-12H,2-8,13H2,1H3. The first kappa shape index (κ1) is 16.0. The number of carbonyl (C=O) groups excluding carboxylic acids is 1. The largest absolute Gasteiger partial charge is 0.486 e. The Balaban J connectivity index is 2.06. The topological polar surface area (TPSA) is 26.3 Å². The maximum atomic E-state index is 11.6. The Morgan fingerprint density at radius 1 is 1.05 bits per heavy atom. The fourth-order valence-corrected chi connectivity index (χ4v) is 2.00. The zero-order valence-electron chi connectivity index (χ0n) is 11.7. The normalized spacial score (nSPS) is 10.4. The molecule has 0 unspecified atom stereocenters. The number of Topliss-reactive ketones (excluding diaryl/α,β-unsaturated/α-hetero) is 1. The van der Waals surface area contributed by atoms with Crippen LogP contribution in [0.1, 0.15) is 51.9 Å². The average molecular weight is 283 g/mol. The molecule has 106 valence electrons. The van der Waals surface area contributed by atoms with Crippen LogP contribution in [-0.4, -0.2) is 12.4 Å². The molecular weight excluding hydrogens is 260 g/mol. The van der Waals surface area contributed by atoms with Gasteiger partial charge in [0.2, 0.25) is 0 Å². The van der Waals surface area contributed by atoms with Crippen molar-refractivity contribution in [2.24, 2.45) is 0 Å². The minimum absolute atomic E-state index is 0.163. The predicted molar refractivity (Wildman–Crippen MR) is 79.9 cm³/mol. The maximum Gasteiger partial charge on any atom is 0.170 e. The van der Waals surface area contributed by atoms with Crippen molar-refractivity contribution < 1.29 is 9.53 Å². The third-order valence-electron chi connectivity index (χ3n) is 3.02. The van der Waals surface area contributed by atoms with Crippen LogP contribution in [0.4, 0.5) is 0 Å². The van der Waals surface area contributed by atoms with E-state index in [0.29, 0.717) is 17.2 Å². The summed E-state index contributed by atoms with van der Waals surface area (Å²) in [4.78, 5) is 11.6. The molecule has 0 fully saturated rings. The van der Waals surface area contributed by atoms with Gasteiger partial charge in [0.15, 0.2) is 5.78 Å². The number of rotatable bonds is 10. The van der Waals surface area contributed by atoms with Crippen molar-refractivity contribution in [1.29, 1.82) is 0 Å². The first-order valence-corrected chi connectivity index (χ1v) is 7.50. The van der Waals surface area contributed by atoms with Crippen molar-refractivity contribution in [2.75, 3.05) is 6.61 Å². The van der Waals surface area contributed by atoms with Crippen LogP contribution in [-0.2, 0) is 4.79 Å². The molecule has 19 heavy (non-hydrogen) atoms. The van der Waals surface area contributed by atoms with Gasteiger partial charge in [0.1, 0.15) is 12.4 Å². The molecule has 0 amide bonds. The van der Waals surface area contributed by atoms with Crippen LogP contribution < -0.4 is 4.74 Å². The molecule has 1 aromatic carbocycles. The summed E-state index contributed by atoms with van der Waals surface area (Å²) in [6.07, 6.45) is 7.82. The summed E-state index contributed by atoms with van der Waals surface area (Å²) in [5, 5.41) is 0.672. The maximum absolute atomic E-state index is 11.6. The Bertz CT molecular complexity index is 360. The highest BCUT2D eigenvalue weighted by molar-refractivity contribution is 6.30. The molecule has 0 spiro atoms. The van der Waals surface area contributed by atoms with Crippen LogP contribution in [0.3, 0.4) is 0 Å². The number of unbranched alkanes of at least 4 members (excludes halogenated alkanes) is 5. The van der Waals surface area contributed by atoms with Crippen molar-refractivity contribution in [3.63, 3.8) is 0 Å². The minimum atomic E-state index is 0.163. The zero-order chi connectivity index (χ0) is 13.9. The molecule has 0 heterocycles. The molecule has 0 saturated heterocycles. The predicted octanol–water partition coefficient (Wildman–Crippen LogP) is 5.04. The minimum Gasteiger partial charge on any atom is -0.486 e. The van der Waals surface area contributed by atoms with E-state index in [1.165, 1.54) is 25.7 Å². The lowest BCUT2D eigenvalue weighted by Crippen LogP contribution is -2.10. The number of hydrogen-bond donors (Lipinski definition) is 0. The van der Waals surface area contributed by atoms with Gasteiger partial charge in [0, 0.05) is 11.4 Å². The summed E-state index contributed by atoms with van der Waals surface area (Å²) in [6, 6.07) is 7.07. The monoisotopic (exact) mass is 282 g/mol. The first-order valence-electron chi connectivity index (χ1n) is 7.12. The highest BCUT2D eigenvalue weighted by Crippen LogP contribution is 2.15. The molecule has 0 N–H and O–H groups in total. The van der Waals surface area contributed by atoms with Gasteiger partial charge in [0.25, 0.3) is 0 Å². The fourth-order valence-electron chi connectivity index (χ4n) is 1.87. The summed E-state index contributed by atoms with van der Waals surface area (Å²) < 4.78 is 5.41. The second-order valence-corrected chi connectivity index (χ2v) is 5.24. The second-order valence-electron chi connectivity index (χ2n) is 4.80. The molecule has 0 radical (unpaired) electrons. The smallest absolute Gasteiger partial charge is 0.170 e. The number of ketones is 1. The molecule has 0 aromatic heterocycles. The number of benzene rings is 1. The SMILES string of the molecule is CCCCCCCCC(=O)COc1ccc(Cl)cc1. The number of hydrogen-bond acceptors (Lipinski definition) is 2. The Morgan fingerprint density at radius 2 is 1.68 bits per heavy atom. The van der Waals surface area contributed by atoms with Gasteiger partial charge in [-0.2, -0.15) is 0 Å². The van der Waals surface area contributed by atoms with E-state index in [9.17, 15) is 4.79 Å². The second kappa shape index (κ2) is 9.85. The number of carbonyl (C=O) groups is 1. The van der Waals surface area contributed by atoms with E-state index >= 15 is 0 Å². The quantitative estimate of drug-likeness (QED) is 0.562. The fraction of sp³-hybridized carbons (Fsp3) is 0.562. The Labute approximate surface area is 121 Å². The summed E-state index contributed by atoms with van der Waals surface area (Å²) in [5.41, 5.74) is 0. The molecule has 0 aliphatic heterocycles. The average Bonchev–Trinajstić information content (AvgIpc) is 2.42. The van der Waals surface area contributed by atoms with Crippen LogP contribution in [0.25, 0.3) is 0 Å². The molecule has 0 aliphatic carbocycles. The van der Waals surface area contributed by atoms with Gasteiger partial charge < -0.3 is 4.74 Å². The molecule has 1 aromatic rings. The zero-order valence-corrected chi connectivity index (χ0v) is 12.4. The summed E-state index contributed by atoms with van der Waals surface area (Å²) >= 11 is 5.77. The molecular formula is C16H23ClO2. The van der Waals surface area contributed by atoms with Crippen molar-refractivity contribution in [3.05, 3.63) is 29.3 Å². The molecule has 0 atom stereocenters. The van der Waals surface area contributed by atoms with E-state index in [4.69, 9.17) is 16.3 Å². The van der Waals surface area contributed by atoms with Gasteiger partial charge in [-0.1, -0.05) is 50.6 Å². The van der Waals surface area contributed by atoms with Gasteiger partial charge >= 0.3 is 0 Å². The lowest BCUT2D eigenvalue weighted by molar-refractivity contribution is -0.121. The van der Waals surface area contributed by atoms with Crippen LogP contribution in [0, 0.1) is 0 Å². The molecule has 2 nitrogen and oxygen atoms in total. The van der Waals surface area contributed by atoms with Crippen LogP contribution in [0.2, 0.25) is 5.02 Å². The van der Waals surface area contributed by atoms with E-state index < -0.39 is 0 Å². The molecule has 0 saturated carbocycles. The molecule has 3 heteroatoms. The highest BCUT2D eigenvalue weighted by Gasteiger charge is 2.03. The third kappa shape index (κ3) is 7.89. The Hall–Kier alpha value is -1.02. The van der Waals surface area contributed by atoms with Crippen molar-refractivity contribution in [1.82, 2.24) is 0 Å². The lowest BCUT2D eigenvalue weighted by atomic mass is 10.1. The molecule has 1 rings (SSSR count). The van der Waals surface area contributed by atoms with Crippen molar-refractivity contribution in [3.8, 4) is 5.75 Å². The van der Waals surface area contributed by atoms with Crippen molar-refractivity contribution in [2.45, 2.75) is 51.9 Å². The Kier molecular flexibility index (Phi) is 8.31. The highest BCUT2D eigenvalue weighted by atomic mass is 35.5. The van der Waals surface area contributed by atoms with E-state index in [1.54, 1.807) is 24.3 Å². The lowest BCUT2D eigenvalue weighted by Gasteiger charge is -2.05. The molecule has 0 aliphatic rings. The number of halogens is 1. The number of ether oxygens (including phenoxy) is 1. The van der Waals surface area contributed by atoms with E-state index in [2.05, 4.69) is 6.92 Å². The van der Waals surface area contributed by atoms with Crippen LogP contribution >= 0.6 is 11.6 Å². The van der Waals surface area contributed by atoms with Crippen LogP contribution in [0.15, 0.2) is 24.3 Å². The van der Waals surface area contributed by atoms with Gasteiger partial charge in [-0.25, -0.2) is 0 Å². The Morgan fingerprint density at radius 3 is 2.37 bits per heavy atom. The van der Waals surface area contributed by atoms with Gasteiger partial charge in [-0.15, -0.1) is 0 Å². The van der Waals surface area contributed by atoms with E-state index in [1.807, 2.05) is 0 Å². The van der Waals surface area contributed by atoms with E-state index in [-0.39, 0.29) is 12.4 Å². The summed E-state index contributed by atoms with van der Waals surface area (Å²) in [5.74, 6) is 0.867. The summed E-state index contributed by atoms with van der Waals surface area (Å²) in [7, 11) is 0. The van der Waals surface area contributed by atoms with Gasteiger partial charge in [-0.05, 0) is 30.7 Å². The van der Waals surface area contributed by atoms with E-state index in [0.717, 1.165) is 12.8 Å². The van der Waals surface area contributed by atoms with Gasteiger partial charge in [-0.3, -0.25) is 4.79 Å². The third-order valence-corrected chi connectivity index (χ3v) is 3.27. The van der Waals surface area contributed by atoms with Crippen molar-refractivity contribution >= 4 is 17.4 Å². The summed E-state index contributed by atoms with van der Waals surface area (Å²) in [6.45, 7) is 2.37. The molecule has 0 bridgehead atoms. The van der Waals surface area contributed by atoms with Gasteiger partial charge in [0.05, 0.1) is 0 Å². The first-order chi connectivity index (χ1) is 9.22. The van der Waals surface area contributed by atoms with Crippen LogP contribution in [0.5, 0.6) is 5.75 Å².